The zero-order valence-corrected chi connectivity index (χ0v) is 12.3. The fraction of sp³-hybridized carbons (Fsp3) is 1.00. The second kappa shape index (κ2) is 6.36. The molecule has 0 aromatic carbocycles. The molecular formula is C15H30N2O. The molecule has 3 unspecified atom stereocenters. The normalized spacial score (nSPS) is 35.2. The summed E-state index contributed by atoms with van der Waals surface area (Å²) >= 11 is 0. The van der Waals surface area contributed by atoms with Gasteiger partial charge < -0.3 is 15.4 Å². The van der Waals surface area contributed by atoms with Crippen LogP contribution < -0.4 is 10.6 Å². The second-order valence-corrected chi connectivity index (χ2v) is 6.58. The van der Waals surface area contributed by atoms with E-state index in [2.05, 4.69) is 24.5 Å². The van der Waals surface area contributed by atoms with Crippen LogP contribution in [0.1, 0.15) is 52.4 Å². The molecule has 2 rings (SSSR count). The molecule has 3 heteroatoms. The van der Waals surface area contributed by atoms with E-state index in [1.54, 1.807) is 0 Å². The molecule has 1 aliphatic heterocycles. The van der Waals surface area contributed by atoms with Gasteiger partial charge in [0.05, 0.1) is 6.10 Å². The first-order valence-electron chi connectivity index (χ1n) is 7.64. The second-order valence-electron chi connectivity index (χ2n) is 6.58. The average Bonchev–Trinajstić information content (AvgIpc) is 2.38. The molecule has 0 aromatic rings. The predicted octanol–water partition coefficient (Wildman–Crippen LogP) is 2.31. The topological polar surface area (TPSA) is 33.3 Å². The molecule has 18 heavy (non-hydrogen) atoms. The Bertz CT molecular complexity index is 249. The third-order valence-corrected chi connectivity index (χ3v) is 4.99. The van der Waals surface area contributed by atoms with Crippen molar-refractivity contribution in [3.8, 4) is 0 Å². The van der Waals surface area contributed by atoms with Crippen molar-refractivity contribution in [1.29, 1.82) is 0 Å². The Morgan fingerprint density at radius 3 is 2.78 bits per heavy atom. The molecule has 2 fully saturated rings. The lowest BCUT2D eigenvalue weighted by molar-refractivity contribution is -0.0973. The smallest absolute Gasteiger partial charge is 0.0652 e. The first-order chi connectivity index (χ1) is 8.64. The minimum absolute atomic E-state index is 0.303. The fourth-order valence-corrected chi connectivity index (χ4v) is 3.43. The lowest BCUT2D eigenvalue weighted by Gasteiger charge is -2.51. The van der Waals surface area contributed by atoms with E-state index in [1.807, 2.05) is 7.11 Å². The van der Waals surface area contributed by atoms with E-state index >= 15 is 0 Å². The number of rotatable bonds is 6. The van der Waals surface area contributed by atoms with Gasteiger partial charge in [0.2, 0.25) is 0 Å². The summed E-state index contributed by atoms with van der Waals surface area (Å²) in [5.41, 5.74) is 0.303. The van der Waals surface area contributed by atoms with E-state index < -0.39 is 0 Å². The molecule has 1 aliphatic carbocycles. The Balaban J connectivity index is 1.56. The molecular weight excluding hydrogens is 224 g/mol. The quantitative estimate of drug-likeness (QED) is 0.714. The third-order valence-electron chi connectivity index (χ3n) is 4.99. The molecule has 3 atom stereocenters. The number of methoxy groups -OCH3 is 1. The maximum Gasteiger partial charge on any atom is 0.0652 e. The standard InChI is InChI=1S/C15H30N2O/c1-15(2)13(11-14(15)18-3)17-10-6-8-12-7-4-5-9-16-12/h12-14,16-17H,4-11H2,1-3H3. The summed E-state index contributed by atoms with van der Waals surface area (Å²) in [5, 5.41) is 7.33. The molecule has 0 spiro atoms. The van der Waals surface area contributed by atoms with Crippen molar-refractivity contribution in [2.24, 2.45) is 5.41 Å². The molecule has 0 aromatic heterocycles. The highest BCUT2D eigenvalue weighted by molar-refractivity contribution is 5.02. The van der Waals surface area contributed by atoms with E-state index in [4.69, 9.17) is 4.74 Å². The van der Waals surface area contributed by atoms with Crippen molar-refractivity contribution >= 4 is 0 Å². The first-order valence-corrected chi connectivity index (χ1v) is 7.64. The van der Waals surface area contributed by atoms with E-state index in [9.17, 15) is 0 Å². The van der Waals surface area contributed by atoms with Crippen molar-refractivity contribution in [3.05, 3.63) is 0 Å². The third kappa shape index (κ3) is 3.25. The van der Waals surface area contributed by atoms with Gasteiger partial charge >= 0.3 is 0 Å². The van der Waals surface area contributed by atoms with Crippen molar-refractivity contribution < 1.29 is 4.74 Å². The maximum atomic E-state index is 5.48. The van der Waals surface area contributed by atoms with Crippen LogP contribution in [0, 0.1) is 5.41 Å². The van der Waals surface area contributed by atoms with Crippen molar-refractivity contribution in [1.82, 2.24) is 10.6 Å². The van der Waals surface area contributed by atoms with Gasteiger partial charge in [0.15, 0.2) is 0 Å². The van der Waals surface area contributed by atoms with Gasteiger partial charge in [0.25, 0.3) is 0 Å². The van der Waals surface area contributed by atoms with E-state index in [0.29, 0.717) is 17.6 Å². The summed E-state index contributed by atoms with van der Waals surface area (Å²) in [5.74, 6) is 0. The Kier molecular flexibility index (Phi) is 5.05. The van der Waals surface area contributed by atoms with Crippen LogP contribution in [0.4, 0.5) is 0 Å². The summed E-state index contributed by atoms with van der Waals surface area (Å²) in [6.45, 7) is 7.00. The van der Waals surface area contributed by atoms with Crippen LogP contribution in [0.3, 0.4) is 0 Å². The highest BCUT2D eigenvalue weighted by atomic mass is 16.5. The Hall–Kier alpha value is -0.120. The minimum atomic E-state index is 0.303. The van der Waals surface area contributed by atoms with Gasteiger partial charge in [-0.1, -0.05) is 20.3 Å². The number of piperidine rings is 1. The summed E-state index contributed by atoms with van der Waals surface area (Å²) < 4.78 is 5.48. The maximum absolute atomic E-state index is 5.48. The van der Waals surface area contributed by atoms with Crippen LogP contribution in [0.5, 0.6) is 0 Å². The zero-order chi connectivity index (χ0) is 13.0. The summed E-state index contributed by atoms with van der Waals surface area (Å²) in [6.07, 6.45) is 8.39. The highest BCUT2D eigenvalue weighted by Gasteiger charge is 2.47. The summed E-state index contributed by atoms with van der Waals surface area (Å²) in [6, 6.07) is 1.42. The van der Waals surface area contributed by atoms with E-state index in [0.717, 1.165) is 12.6 Å². The molecule has 3 nitrogen and oxygen atoms in total. The van der Waals surface area contributed by atoms with Gasteiger partial charge in [-0.05, 0) is 45.2 Å². The van der Waals surface area contributed by atoms with Gasteiger partial charge in [0.1, 0.15) is 0 Å². The number of ether oxygens (including phenoxy) is 1. The number of hydrogen-bond donors (Lipinski definition) is 2. The van der Waals surface area contributed by atoms with Gasteiger partial charge in [-0.3, -0.25) is 0 Å². The van der Waals surface area contributed by atoms with Crippen LogP contribution in [-0.4, -0.2) is 38.4 Å². The lowest BCUT2D eigenvalue weighted by atomic mass is 9.64. The first kappa shape index (κ1) is 14.3. The molecule has 0 amide bonds. The van der Waals surface area contributed by atoms with Crippen LogP contribution in [0.25, 0.3) is 0 Å². The largest absolute Gasteiger partial charge is 0.381 e. The lowest BCUT2D eigenvalue weighted by Crippen LogP contribution is -2.60. The van der Waals surface area contributed by atoms with Gasteiger partial charge in [-0.15, -0.1) is 0 Å². The van der Waals surface area contributed by atoms with Crippen LogP contribution in [-0.2, 0) is 4.74 Å². The Morgan fingerprint density at radius 1 is 1.33 bits per heavy atom. The van der Waals surface area contributed by atoms with Crippen LogP contribution >= 0.6 is 0 Å². The molecule has 1 saturated heterocycles. The Labute approximate surface area is 112 Å². The van der Waals surface area contributed by atoms with Crippen LogP contribution in [0.15, 0.2) is 0 Å². The SMILES string of the molecule is COC1CC(NCCCC2CCCCN2)C1(C)C. The number of hydrogen-bond acceptors (Lipinski definition) is 3. The van der Waals surface area contributed by atoms with Crippen molar-refractivity contribution in [2.45, 2.75) is 70.6 Å². The molecule has 2 N–H and O–H groups in total. The molecule has 106 valence electrons. The predicted molar refractivity (Wildman–Crippen MR) is 75.9 cm³/mol. The Morgan fingerprint density at radius 2 is 2.17 bits per heavy atom. The molecule has 0 radical (unpaired) electrons. The molecule has 1 heterocycles. The van der Waals surface area contributed by atoms with Crippen molar-refractivity contribution in [3.63, 3.8) is 0 Å². The van der Waals surface area contributed by atoms with Gasteiger partial charge in [0, 0.05) is 24.6 Å². The van der Waals surface area contributed by atoms with Crippen molar-refractivity contribution in [2.75, 3.05) is 20.2 Å². The molecule has 2 aliphatic rings. The minimum Gasteiger partial charge on any atom is -0.381 e. The monoisotopic (exact) mass is 254 g/mol. The van der Waals surface area contributed by atoms with Gasteiger partial charge in [-0.2, -0.15) is 0 Å². The van der Waals surface area contributed by atoms with E-state index in [1.165, 1.54) is 45.1 Å². The summed E-state index contributed by atoms with van der Waals surface area (Å²) in [7, 11) is 1.83. The van der Waals surface area contributed by atoms with Gasteiger partial charge in [-0.25, -0.2) is 0 Å². The average molecular weight is 254 g/mol. The molecule has 0 bridgehead atoms. The van der Waals surface area contributed by atoms with E-state index in [-0.39, 0.29) is 0 Å². The highest BCUT2D eigenvalue weighted by Crippen LogP contribution is 2.42. The molecule has 1 saturated carbocycles. The zero-order valence-electron chi connectivity index (χ0n) is 12.3. The fourth-order valence-electron chi connectivity index (χ4n) is 3.43. The summed E-state index contributed by atoms with van der Waals surface area (Å²) in [4.78, 5) is 0. The van der Waals surface area contributed by atoms with Crippen LogP contribution in [0.2, 0.25) is 0 Å². The number of nitrogens with one attached hydrogen (secondary N) is 2.